The van der Waals surface area contributed by atoms with E-state index in [2.05, 4.69) is 31.8 Å². The summed E-state index contributed by atoms with van der Waals surface area (Å²) in [6.45, 7) is 6.36. The molecule has 22 heavy (non-hydrogen) atoms. The summed E-state index contributed by atoms with van der Waals surface area (Å²) in [7, 11) is 0. The molecule has 0 aliphatic rings. The van der Waals surface area contributed by atoms with Crippen LogP contribution in [-0.2, 0) is 12.8 Å². The minimum atomic E-state index is 0.283. The summed E-state index contributed by atoms with van der Waals surface area (Å²) in [4.78, 5) is 4.48. The number of aromatic nitrogens is 1. The molecule has 0 saturated carbocycles. The van der Waals surface area contributed by atoms with E-state index in [4.69, 9.17) is 17.3 Å². The molecule has 0 unspecified atom stereocenters. The zero-order chi connectivity index (χ0) is 16.3. The van der Waals surface area contributed by atoms with Gasteiger partial charge in [0.2, 0.25) is 0 Å². The van der Waals surface area contributed by atoms with Crippen molar-refractivity contribution < 1.29 is 0 Å². The van der Waals surface area contributed by atoms with Gasteiger partial charge in [0, 0.05) is 21.8 Å². The zero-order valence-corrected chi connectivity index (χ0v) is 13.9. The molecule has 0 amide bonds. The minimum absolute atomic E-state index is 0.283. The lowest BCUT2D eigenvalue weighted by molar-refractivity contribution is 0.631. The Balaban J connectivity index is 2.83. The van der Waals surface area contributed by atoms with Crippen molar-refractivity contribution in [2.75, 3.05) is 5.73 Å². The lowest BCUT2D eigenvalue weighted by Gasteiger charge is -2.18. The van der Waals surface area contributed by atoms with E-state index in [0.717, 1.165) is 35.2 Å². The normalized spacial score (nSPS) is 10.7. The maximum absolute atomic E-state index is 9.53. The molecule has 0 aliphatic heterocycles. The fourth-order valence-electron chi connectivity index (χ4n) is 2.70. The number of hydrogen-bond donors (Lipinski definition) is 1. The predicted molar refractivity (Wildman–Crippen MR) is 91.7 cm³/mol. The zero-order valence-electron chi connectivity index (χ0n) is 13.2. The first-order valence-corrected chi connectivity index (χ1v) is 7.83. The summed E-state index contributed by atoms with van der Waals surface area (Å²) in [5.41, 5.74) is 10.2. The first-order chi connectivity index (χ1) is 10.5. The van der Waals surface area contributed by atoms with E-state index < -0.39 is 0 Å². The highest BCUT2D eigenvalue weighted by Crippen LogP contribution is 2.37. The number of pyridine rings is 1. The number of benzene rings is 1. The molecule has 1 aromatic carbocycles. The number of anilines is 1. The standard InChI is InChI=1S/C18H20ClN3/c1-4-12-16(9-11(2)3)22-18(21)14(10-20)17(12)13-7-5-6-8-15(13)19/h5-8,11H,4,9H2,1-3H3,(H2,21,22). The molecule has 2 rings (SSSR count). The summed E-state index contributed by atoms with van der Waals surface area (Å²) >= 11 is 6.36. The summed E-state index contributed by atoms with van der Waals surface area (Å²) < 4.78 is 0. The summed E-state index contributed by atoms with van der Waals surface area (Å²) in [6.07, 6.45) is 1.61. The fraction of sp³-hybridized carbons (Fsp3) is 0.333. The van der Waals surface area contributed by atoms with Gasteiger partial charge in [-0.05, 0) is 30.4 Å². The van der Waals surface area contributed by atoms with Crippen LogP contribution in [0.2, 0.25) is 5.02 Å². The predicted octanol–water partition coefficient (Wildman–Crippen LogP) is 4.62. The van der Waals surface area contributed by atoms with Crippen LogP contribution in [0.15, 0.2) is 24.3 Å². The van der Waals surface area contributed by atoms with Crippen LogP contribution < -0.4 is 5.73 Å². The highest BCUT2D eigenvalue weighted by Gasteiger charge is 2.20. The number of nitrogen functional groups attached to an aromatic ring is 1. The van der Waals surface area contributed by atoms with Crippen LogP contribution in [0.1, 0.15) is 37.6 Å². The molecule has 1 heterocycles. The van der Waals surface area contributed by atoms with Crippen molar-refractivity contribution in [3.63, 3.8) is 0 Å². The van der Waals surface area contributed by atoms with Crippen molar-refractivity contribution in [3.8, 4) is 17.2 Å². The maximum Gasteiger partial charge on any atom is 0.142 e. The molecular weight excluding hydrogens is 294 g/mol. The Kier molecular flexibility index (Phi) is 5.05. The van der Waals surface area contributed by atoms with Gasteiger partial charge in [0.05, 0.1) is 0 Å². The molecule has 3 nitrogen and oxygen atoms in total. The highest BCUT2D eigenvalue weighted by atomic mass is 35.5. The monoisotopic (exact) mass is 313 g/mol. The minimum Gasteiger partial charge on any atom is -0.383 e. The van der Waals surface area contributed by atoms with Crippen molar-refractivity contribution in [2.45, 2.75) is 33.6 Å². The molecule has 1 aromatic heterocycles. The highest BCUT2D eigenvalue weighted by molar-refractivity contribution is 6.33. The van der Waals surface area contributed by atoms with Crippen molar-refractivity contribution in [1.29, 1.82) is 5.26 Å². The van der Waals surface area contributed by atoms with Gasteiger partial charge < -0.3 is 5.73 Å². The van der Waals surface area contributed by atoms with Crippen molar-refractivity contribution in [1.82, 2.24) is 4.98 Å². The third kappa shape index (κ3) is 3.08. The Hall–Kier alpha value is -2.05. The van der Waals surface area contributed by atoms with Crippen molar-refractivity contribution in [2.24, 2.45) is 5.92 Å². The van der Waals surface area contributed by atoms with Crippen LogP contribution in [-0.4, -0.2) is 4.98 Å². The molecule has 114 valence electrons. The smallest absolute Gasteiger partial charge is 0.142 e. The van der Waals surface area contributed by atoms with Crippen LogP contribution in [0.4, 0.5) is 5.82 Å². The van der Waals surface area contributed by atoms with E-state index in [0.29, 0.717) is 16.5 Å². The van der Waals surface area contributed by atoms with Gasteiger partial charge in [-0.3, -0.25) is 0 Å². The van der Waals surface area contributed by atoms with Crippen molar-refractivity contribution >= 4 is 17.4 Å². The molecule has 0 saturated heterocycles. The van der Waals surface area contributed by atoms with Crippen LogP contribution in [0.5, 0.6) is 0 Å². The lowest BCUT2D eigenvalue weighted by atomic mass is 9.90. The Morgan fingerprint density at radius 3 is 2.55 bits per heavy atom. The Labute approximate surface area is 136 Å². The molecule has 0 atom stereocenters. The summed E-state index contributed by atoms with van der Waals surface area (Å²) in [6, 6.07) is 9.75. The number of nitriles is 1. The van der Waals surface area contributed by atoms with Crippen LogP contribution in [0.3, 0.4) is 0 Å². The van der Waals surface area contributed by atoms with Crippen LogP contribution >= 0.6 is 11.6 Å². The quantitative estimate of drug-likeness (QED) is 0.896. The molecule has 2 N–H and O–H groups in total. The topological polar surface area (TPSA) is 62.7 Å². The van der Waals surface area contributed by atoms with Gasteiger partial charge in [-0.2, -0.15) is 5.26 Å². The average Bonchev–Trinajstić information content (AvgIpc) is 2.46. The molecule has 4 heteroatoms. The Morgan fingerprint density at radius 2 is 2.00 bits per heavy atom. The molecule has 2 aromatic rings. The molecular formula is C18H20ClN3. The van der Waals surface area contributed by atoms with E-state index in [1.807, 2.05) is 24.3 Å². The summed E-state index contributed by atoms with van der Waals surface area (Å²) in [5.74, 6) is 0.745. The van der Waals surface area contributed by atoms with E-state index in [1.54, 1.807) is 0 Å². The van der Waals surface area contributed by atoms with Crippen LogP contribution in [0, 0.1) is 17.2 Å². The number of nitrogens with zero attached hydrogens (tertiary/aromatic N) is 2. The van der Waals surface area contributed by atoms with Gasteiger partial charge in [-0.15, -0.1) is 0 Å². The van der Waals surface area contributed by atoms with Gasteiger partial charge >= 0.3 is 0 Å². The molecule has 0 spiro atoms. The van der Waals surface area contributed by atoms with Gasteiger partial charge in [-0.25, -0.2) is 4.98 Å². The second-order valence-electron chi connectivity index (χ2n) is 5.72. The molecule has 0 radical (unpaired) electrons. The Morgan fingerprint density at radius 1 is 1.32 bits per heavy atom. The number of hydrogen-bond acceptors (Lipinski definition) is 3. The second kappa shape index (κ2) is 6.81. The molecule has 0 aliphatic carbocycles. The van der Waals surface area contributed by atoms with Gasteiger partial charge in [0.15, 0.2) is 0 Å². The SMILES string of the molecule is CCc1c(CC(C)C)nc(N)c(C#N)c1-c1ccccc1Cl. The van der Waals surface area contributed by atoms with Gasteiger partial charge in [-0.1, -0.05) is 50.6 Å². The first-order valence-electron chi connectivity index (χ1n) is 7.45. The van der Waals surface area contributed by atoms with Gasteiger partial charge in [0.25, 0.3) is 0 Å². The number of nitrogens with two attached hydrogens (primary N) is 1. The van der Waals surface area contributed by atoms with E-state index in [9.17, 15) is 5.26 Å². The van der Waals surface area contributed by atoms with E-state index in [-0.39, 0.29) is 5.82 Å². The van der Waals surface area contributed by atoms with Crippen molar-refractivity contribution in [3.05, 3.63) is 46.1 Å². The number of halogens is 1. The fourth-order valence-corrected chi connectivity index (χ4v) is 2.93. The second-order valence-corrected chi connectivity index (χ2v) is 6.12. The average molecular weight is 314 g/mol. The Bertz CT molecular complexity index is 730. The largest absolute Gasteiger partial charge is 0.383 e. The molecule has 0 bridgehead atoms. The maximum atomic E-state index is 9.53. The van der Waals surface area contributed by atoms with Gasteiger partial charge in [0.1, 0.15) is 17.5 Å². The van der Waals surface area contributed by atoms with E-state index >= 15 is 0 Å². The third-order valence-corrected chi connectivity index (χ3v) is 3.95. The lowest BCUT2D eigenvalue weighted by Crippen LogP contribution is -2.09. The molecule has 0 fully saturated rings. The third-order valence-electron chi connectivity index (χ3n) is 3.62. The first kappa shape index (κ1) is 16.3. The van der Waals surface area contributed by atoms with E-state index in [1.165, 1.54) is 0 Å². The van der Waals surface area contributed by atoms with Crippen LogP contribution in [0.25, 0.3) is 11.1 Å². The summed E-state index contributed by atoms with van der Waals surface area (Å²) in [5, 5.41) is 10.2. The number of rotatable bonds is 4.